The van der Waals surface area contributed by atoms with Crippen molar-refractivity contribution in [2.45, 2.75) is 6.10 Å². The van der Waals surface area contributed by atoms with E-state index in [1.165, 1.54) is 24.3 Å². The first-order chi connectivity index (χ1) is 13.0. The molecule has 1 heterocycles. The van der Waals surface area contributed by atoms with Gasteiger partial charge in [0.05, 0.1) is 28.3 Å². The molecular weight excluding hydrogens is 370 g/mol. The number of rotatable bonds is 5. The summed E-state index contributed by atoms with van der Waals surface area (Å²) in [5.41, 5.74) is 1.62. The Hall–Kier alpha value is -3.68. The number of anilines is 1. The number of aromatic nitrogens is 2. The van der Waals surface area contributed by atoms with Crippen molar-refractivity contribution >= 4 is 29.1 Å². The van der Waals surface area contributed by atoms with Crippen LogP contribution in [0.5, 0.6) is 0 Å². The molecule has 1 atom stereocenters. The molecule has 0 saturated carbocycles. The summed E-state index contributed by atoms with van der Waals surface area (Å²) in [6.45, 7) is 0. The Labute approximate surface area is 157 Å². The molecule has 2 N–H and O–H groups in total. The van der Waals surface area contributed by atoms with Crippen LogP contribution in [-0.2, 0) is 4.79 Å². The van der Waals surface area contributed by atoms with Crippen LogP contribution >= 0.6 is 11.7 Å². The lowest BCUT2D eigenvalue weighted by atomic mass is 10.1. The molecule has 134 valence electrons. The Bertz CT molecular complexity index is 1020. The highest BCUT2D eigenvalue weighted by atomic mass is 32.1. The maximum Gasteiger partial charge on any atom is 0.269 e. The predicted octanol–water partition coefficient (Wildman–Crippen LogP) is 2.66. The molecule has 1 unspecified atom stereocenters. The van der Waals surface area contributed by atoms with Gasteiger partial charge in [-0.3, -0.25) is 14.9 Å². The van der Waals surface area contributed by atoms with Crippen LogP contribution < -0.4 is 5.32 Å². The van der Waals surface area contributed by atoms with Crippen LogP contribution in [0.2, 0.25) is 0 Å². The monoisotopic (exact) mass is 381 g/mol. The third kappa shape index (κ3) is 3.95. The summed E-state index contributed by atoms with van der Waals surface area (Å²) in [7, 11) is 0. The molecule has 1 amide bonds. The number of aliphatic hydroxyl groups is 1. The average Bonchev–Trinajstić information content (AvgIpc) is 3.15. The first kappa shape index (κ1) is 18.1. The molecular formula is C17H11N5O4S. The second-order valence-corrected chi connectivity index (χ2v) is 5.92. The van der Waals surface area contributed by atoms with Gasteiger partial charge in [-0.15, -0.1) is 0 Å². The van der Waals surface area contributed by atoms with Crippen LogP contribution in [0.25, 0.3) is 11.3 Å². The number of nitro groups is 1. The van der Waals surface area contributed by atoms with Crippen molar-refractivity contribution in [1.82, 2.24) is 8.75 Å². The summed E-state index contributed by atoms with van der Waals surface area (Å²) in [6, 6.07) is 13.6. The molecule has 0 saturated heterocycles. The van der Waals surface area contributed by atoms with E-state index in [2.05, 4.69) is 14.1 Å². The second kappa shape index (κ2) is 7.69. The zero-order valence-electron chi connectivity index (χ0n) is 13.6. The van der Waals surface area contributed by atoms with E-state index in [4.69, 9.17) is 5.26 Å². The van der Waals surface area contributed by atoms with Crippen molar-refractivity contribution in [3.05, 3.63) is 69.8 Å². The summed E-state index contributed by atoms with van der Waals surface area (Å²) in [4.78, 5) is 22.4. The van der Waals surface area contributed by atoms with Gasteiger partial charge in [0.1, 0.15) is 5.69 Å². The molecule has 27 heavy (non-hydrogen) atoms. The Morgan fingerprint density at radius 3 is 2.44 bits per heavy atom. The average molecular weight is 381 g/mol. The maximum atomic E-state index is 12.3. The van der Waals surface area contributed by atoms with Crippen molar-refractivity contribution in [3.8, 4) is 17.3 Å². The number of hydrogen-bond donors (Lipinski definition) is 2. The van der Waals surface area contributed by atoms with E-state index in [0.29, 0.717) is 16.8 Å². The molecule has 0 aliphatic rings. The molecule has 3 aromatic rings. The van der Waals surface area contributed by atoms with E-state index < -0.39 is 16.9 Å². The summed E-state index contributed by atoms with van der Waals surface area (Å²) >= 11 is 0.889. The topological polar surface area (TPSA) is 142 Å². The number of benzene rings is 2. The molecule has 0 fully saturated rings. The summed E-state index contributed by atoms with van der Waals surface area (Å²) in [6.07, 6.45) is -1.53. The van der Waals surface area contributed by atoms with Gasteiger partial charge in [-0.2, -0.15) is 14.0 Å². The highest BCUT2D eigenvalue weighted by Crippen LogP contribution is 2.27. The van der Waals surface area contributed by atoms with Gasteiger partial charge in [-0.05, 0) is 29.8 Å². The van der Waals surface area contributed by atoms with Crippen molar-refractivity contribution in [1.29, 1.82) is 5.26 Å². The number of amides is 1. The number of nitro benzene ring substituents is 1. The Morgan fingerprint density at radius 2 is 1.85 bits per heavy atom. The number of non-ortho nitro benzene ring substituents is 1. The molecule has 0 radical (unpaired) electrons. The number of nitriles is 1. The fourth-order valence-electron chi connectivity index (χ4n) is 2.28. The zero-order chi connectivity index (χ0) is 19.4. The molecule has 0 aliphatic carbocycles. The highest BCUT2D eigenvalue weighted by Gasteiger charge is 2.21. The number of carbonyl (C=O) groups excluding carboxylic acids is 1. The van der Waals surface area contributed by atoms with Gasteiger partial charge in [-0.1, -0.05) is 12.1 Å². The lowest BCUT2D eigenvalue weighted by Gasteiger charge is -2.11. The lowest BCUT2D eigenvalue weighted by molar-refractivity contribution is -0.384. The van der Waals surface area contributed by atoms with E-state index in [9.17, 15) is 20.0 Å². The number of aliphatic hydroxyl groups excluding tert-OH is 1. The van der Waals surface area contributed by atoms with E-state index >= 15 is 0 Å². The SMILES string of the molecule is N#Cc1ccc(-c2nsnc2NC(=O)C(O)c2ccc([N+](=O)[O-])cc2)cc1. The summed E-state index contributed by atoms with van der Waals surface area (Å²) in [5, 5.41) is 32.2. The fourth-order valence-corrected chi connectivity index (χ4v) is 2.81. The predicted molar refractivity (Wildman–Crippen MR) is 96.7 cm³/mol. The van der Waals surface area contributed by atoms with E-state index in [-0.39, 0.29) is 17.1 Å². The molecule has 0 spiro atoms. The number of nitrogens with zero attached hydrogens (tertiary/aromatic N) is 4. The van der Waals surface area contributed by atoms with Crippen molar-refractivity contribution in [2.24, 2.45) is 0 Å². The lowest BCUT2D eigenvalue weighted by Crippen LogP contribution is -2.21. The maximum absolute atomic E-state index is 12.3. The van der Waals surface area contributed by atoms with E-state index in [1.54, 1.807) is 24.3 Å². The summed E-state index contributed by atoms with van der Waals surface area (Å²) in [5.74, 6) is -0.567. The van der Waals surface area contributed by atoms with Crippen LogP contribution in [0.1, 0.15) is 17.2 Å². The largest absolute Gasteiger partial charge is 0.378 e. The minimum atomic E-state index is -1.53. The van der Waals surface area contributed by atoms with Crippen LogP contribution in [0.15, 0.2) is 48.5 Å². The van der Waals surface area contributed by atoms with Crippen LogP contribution in [0.4, 0.5) is 11.5 Å². The molecule has 2 aromatic carbocycles. The quantitative estimate of drug-likeness (QED) is 0.511. The van der Waals surface area contributed by atoms with E-state index in [1.807, 2.05) is 6.07 Å². The standard InChI is InChI=1S/C17H11N5O4S/c18-9-10-1-3-11(4-2-10)14-16(21-27-20-14)19-17(24)15(23)12-5-7-13(8-6-12)22(25)26/h1-8,15,23H,(H,19,21,24). The van der Waals surface area contributed by atoms with Crippen LogP contribution in [-0.4, -0.2) is 24.7 Å². The third-order valence-electron chi connectivity index (χ3n) is 3.69. The van der Waals surface area contributed by atoms with Crippen molar-refractivity contribution < 1.29 is 14.8 Å². The number of hydrogen-bond acceptors (Lipinski definition) is 8. The summed E-state index contributed by atoms with van der Waals surface area (Å²) < 4.78 is 8.16. The minimum Gasteiger partial charge on any atom is -0.378 e. The molecule has 3 rings (SSSR count). The molecule has 10 heteroatoms. The fraction of sp³-hybridized carbons (Fsp3) is 0.0588. The molecule has 9 nitrogen and oxygen atoms in total. The van der Waals surface area contributed by atoms with Crippen molar-refractivity contribution in [2.75, 3.05) is 5.32 Å². The van der Waals surface area contributed by atoms with Gasteiger partial charge in [-0.25, -0.2) is 0 Å². The first-order valence-electron chi connectivity index (χ1n) is 7.56. The Balaban J connectivity index is 1.77. The van der Waals surface area contributed by atoms with Crippen molar-refractivity contribution in [3.63, 3.8) is 0 Å². The minimum absolute atomic E-state index is 0.141. The number of carbonyl (C=O) groups is 1. The Morgan fingerprint density at radius 1 is 1.19 bits per heavy atom. The van der Waals surface area contributed by atoms with Crippen LogP contribution in [0, 0.1) is 21.4 Å². The zero-order valence-corrected chi connectivity index (χ0v) is 14.4. The van der Waals surface area contributed by atoms with E-state index in [0.717, 1.165) is 11.7 Å². The van der Waals surface area contributed by atoms with Gasteiger partial charge >= 0.3 is 0 Å². The number of nitrogens with one attached hydrogen (secondary N) is 1. The molecule has 0 bridgehead atoms. The molecule has 0 aliphatic heterocycles. The van der Waals surface area contributed by atoms with Gasteiger partial charge in [0.2, 0.25) is 0 Å². The van der Waals surface area contributed by atoms with Gasteiger partial charge in [0, 0.05) is 17.7 Å². The first-order valence-corrected chi connectivity index (χ1v) is 8.29. The smallest absolute Gasteiger partial charge is 0.269 e. The van der Waals surface area contributed by atoms with Gasteiger partial charge < -0.3 is 10.4 Å². The van der Waals surface area contributed by atoms with Crippen LogP contribution in [0.3, 0.4) is 0 Å². The Kier molecular flexibility index (Phi) is 5.16. The second-order valence-electron chi connectivity index (χ2n) is 5.39. The van der Waals surface area contributed by atoms with Gasteiger partial charge in [0.25, 0.3) is 11.6 Å². The molecule has 1 aromatic heterocycles. The third-order valence-corrected chi connectivity index (χ3v) is 4.21. The normalized spacial score (nSPS) is 11.4. The highest BCUT2D eigenvalue weighted by molar-refractivity contribution is 6.99. The van der Waals surface area contributed by atoms with Gasteiger partial charge in [0.15, 0.2) is 11.9 Å².